The average molecular weight is 326 g/mol. The van der Waals surface area contributed by atoms with Gasteiger partial charge in [-0.2, -0.15) is 26.3 Å². The molecule has 1 fully saturated rings. The van der Waals surface area contributed by atoms with Crippen LogP contribution in [0.3, 0.4) is 0 Å². The minimum Gasteiger partial charge on any atom is -0.366 e. The molecule has 2 nitrogen and oxygen atoms in total. The van der Waals surface area contributed by atoms with E-state index in [2.05, 4.69) is 0 Å². The number of likely N-dealkylation sites (N-methyl/N-ethyl adjacent to an activating group) is 1. The Kier molecular flexibility index (Phi) is 4.34. The molecule has 0 bridgehead atoms. The van der Waals surface area contributed by atoms with E-state index in [0.717, 1.165) is 12.1 Å². The smallest absolute Gasteiger partial charge is 0.366 e. The molecule has 2 rings (SSSR count). The monoisotopic (exact) mass is 326 g/mol. The number of rotatable bonds is 1. The van der Waals surface area contributed by atoms with Gasteiger partial charge in [-0.1, -0.05) is 0 Å². The van der Waals surface area contributed by atoms with Crippen LogP contribution in [0.5, 0.6) is 0 Å². The lowest BCUT2D eigenvalue weighted by Crippen LogP contribution is -2.50. The summed E-state index contributed by atoms with van der Waals surface area (Å²) in [6.45, 7) is 3.33. The average Bonchev–Trinajstić information content (AvgIpc) is 2.36. The van der Waals surface area contributed by atoms with E-state index < -0.39 is 23.5 Å². The molecule has 0 radical (unpaired) electrons. The maximum atomic E-state index is 12.9. The highest BCUT2D eigenvalue weighted by atomic mass is 19.4. The number of benzene rings is 1. The van der Waals surface area contributed by atoms with Crippen LogP contribution in [-0.2, 0) is 12.4 Å². The van der Waals surface area contributed by atoms with E-state index in [1.807, 2.05) is 11.9 Å². The highest BCUT2D eigenvalue weighted by Gasteiger charge is 2.38. The quantitative estimate of drug-likeness (QED) is 0.723. The van der Waals surface area contributed by atoms with Crippen molar-refractivity contribution in [2.75, 3.05) is 31.6 Å². The molecule has 1 atom stereocenters. The van der Waals surface area contributed by atoms with Crippen molar-refractivity contribution < 1.29 is 26.3 Å². The highest BCUT2D eigenvalue weighted by molar-refractivity contribution is 5.53. The predicted molar refractivity (Wildman–Crippen MR) is 70.8 cm³/mol. The molecule has 1 aromatic rings. The van der Waals surface area contributed by atoms with Gasteiger partial charge in [-0.25, -0.2) is 0 Å². The Bertz CT molecular complexity index is 505. The molecule has 1 unspecified atom stereocenters. The number of hydrogen-bond donors (Lipinski definition) is 0. The lowest BCUT2D eigenvalue weighted by Gasteiger charge is -2.40. The molecule has 0 aromatic heterocycles. The van der Waals surface area contributed by atoms with Crippen LogP contribution >= 0.6 is 0 Å². The van der Waals surface area contributed by atoms with Crippen molar-refractivity contribution in [3.63, 3.8) is 0 Å². The molecule has 124 valence electrons. The Morgan fingerprint density at radius 2 is 1.41 bits per heavy atom. The molecular formula is C14H16F6N2. The molecule has 1 saturated heterocycles. The number of piperazine rings is 1. The number of nitrogens with zero attached hydrogens (tertiary/aromatic N) is 2. The summed E-state index contributed by atoms with van der Waals surface area (Å²) in [6.07, 6.45) is -9.63. The van der Waals surface area contributed by atoms with Gasteiger partial charge < -0.3 is 9.80 Å². The Morgan fingerprint density at radius 3 is 1.82 bits per heavy atom. The lowest BCUT2D eigenvalue weighted by molar-refractivity contribution is -0.143. The first-order valence-electron chi connectivity index (χ1n) is 6.73. The lowest BCUT2D eigenvalue weighted by atomic mass is 10.1. The van der Waals surface area contributed by atoms with E-state index in [9.17, 15) is 26.3 Å². The fraction of sp³-hybridized carbons (Fsp3) is 0.571. The van der Waals surface area contributed by atoms with Gasteiger partial charge in [-0.05, 0) is 32.2 Å². The SMILES string of the molecule is CC1CN(C)CCN1c1cc(C(F)(F)F)cc(C(F)(F)F)c1. The van der Waals surface area contributed by atoms with E-state index in [-0.39, 0.29) is 17.8 Å². The number of alkyl halides is 6. The third-order valence-electron chi connectivity index (χ3n) is 3.73. The topological polar surface area (TPSA) is 6.48 Å². The Balaban J connectivity index is 2.46. The van der Waals surface area contributed by atoms with Crippen LogP contribution in [0.1, 0.15) is 18.1 Å². The van der Waals surface area contributed by atoms with Crippen LogP contribution < -0.4 is 4.90 Å². The number of hydrogen-bond acceptors (Lipinski definition) is 2. The van der Waals surface area contributed by atoms with Crippen molar-refractivity contribution in [2.24, 2.45) is 0 Å². The normalized spacial score (nSPS) is 21.3. The summed E-state index contributed by atoms with van der Waals surface area (Å²) in [5.74, 6) is 0. The first kappa shape index (κ1) is 16.9. The minimum absolute atomic E-state index is 0.0391. The van der Waals surface area contributed by atoms with E-state index in [1.54, 1.807) is 11.8 Å². The second kappa shape index (κ2) is 5.64. The van der Waals surface area contributed by atoms with Gasteiger partial charge in [0.05, 0.1) is 11.1 Å². The zero-order chi connectivity index (χ0) is 16.7. The van der Waals surface area contributed by atoms with Crippen LogP contribution in [0.25, 0.3) is 0 Å². The van der Waals surface area contributed by atoms with Crippen molar-refractivity contribution in [3.8, 4) is 0 Å². The van der Waals surface area contributed by atoms with E-state index in [4.69, 9.17) is 0 Å². The van der Waals surface area contributed by atoms with Crippen LogP contribution in [-0.4, -0.2) is 37.6 Å². The fourth-order valence-electron chi connectivity index (χ4n) is 2.63. The molecular weight excluding hydrogens is 310 g/mol. The van der Waals surface area contributed by atoms with Gasteiger partial charge in [-0.3, -0.25) is 0 Å². The summed E-state index contributed by atoms with van der Waals surface area (Å²) in [6, 6.07) is 1.57. The molecule has 0 amide bonds. The molecule has 0 N–H and O–H groups in total. The fourth-order valence-corrected chi connectivity index (χ4v) is 2.63. The molecule has 0 spiro atoms. The van der Waals surface area contributed by atoms with E-state index in [0.29, 0.717) is 19.6 Å². The Labute approximate surface area is 124 Å². The molecule has 0 aliphatic carbocycles. The summed E-state index contributed by atoms with van der Waals surface area (Å²) in [7, 11) is 1.86. The van der Waals surface area contributed by atoms with Gasteiger partial charge in [-0.15, -0.1) is 0 Å². The summed E-state index contributed by atoms with van der Waals surface area (Å²) in [5.41, 5.74) is -2.59. The zero-order valence-electron chi connectivity index (χ0n) is 12.1. The third kappa shape index (κ3) is 3.66. The van der Waals surface area contributed by atoms with Crippen molar-refractivity contribution in [2.45, 2.75) is 25.3 Å². The largest absolute Gasteiger partial charge is 0.416 e. The minimum atomic E-state index is -4.81. The van der Waals surface area contributed by atoms with Gasteiger partial charge in [0.15, 0.2) is 0 Å². The second-order valence-corrected chi connectivity index (χ2v) is 5.57. The predicted octanol–water partition coefficient (Wildman–Crippen LogP) is 3.86. The highest BCUT2D eigenvalue weighted by Crippen LogP contribution is 2.38. The Morgan fingerprint density at radius 1 is 0.909 bits per heavy atom. The molecule has 0 saturated carbocycles. The van der Waals surface area contributed by atoms with Crippen molar-refractivity contribution in [1.29, 1.82) is 0 Å². The molecule has 8 heteroatoms. The van der Waals surface area contributed by atoms with Crippen molar-refractivity contribution in [1.82, 2.24) is 4.90 Å². The van der Waals surface area contributed by atoms with Crippen LogP contribution in [0, 0.1) is 0 Å². The van der Waals surface area contributed by atoms with Crippen LogP contribution in [0.4, 0.5) is 32.0 Å². The van der Waals surface area contributed by atoms with Crippen LogP contribution in [0.2, 0.25) is 0 Å². The van der Waals surface area contributed by atoms with Crippen LogP contribution in [0.15, 0.2) is 18.2 Å². The van der Waals surface area contributed by atoms with E-state index >= 15 is 0 Å². The van der Waals surface area contributed by atoms with Crippen molar-refractivity contribution >= 4 is 5.69 Å². The first-order valence-corrected chi connectivity index (χ1v) is 6.73. The molecule has 22 heavy (non-hydrogen) atoms. The van der Waals surface area contributed by atoms with Gasteiger partial charge in [0.25, 0.3) is 0 Å². The maximum Gasteiger partial charge on any atom is 0.416 e. The number of halogens is 6. The van der Waals surface area contributed by atoms with E-state index in [1.165, 1.54) is 0 Å². The number of anilines is 1. The van der Waals surface area contributed by atoms with Gasteiger partial charge in [0, 0.05) is 31.4 Å². The second-order valence-electron chi connectivity index (χ2n) is 5.57. The Hall–Kier alpha value is -1.44. The molecule has 1 aromatic carbocycles. The van der Waals surface area contributed by atoms with Gasteiger partial charge in [0.2, 0.25) is 0 Å². The maximum absolute atomic E-state index is 12.9. The summed E-state index contributed by atoms with van der Waals surface area (Å²) in [5, 5.41) is 0. The first-order chi connectivity index (χ1) is 9.98. The van der Waals surface area contributed by atoms with Gasteiger partial charge in [0.1, 0.15) is 0 Å². The summed E-state index contributed by atoms with van der Waals surface area (Å²) in [4.78, 5) is 3.57. The molecule has 1 aliphatic heterocycles. The molecule has 1 aliphatic rings. The third-order valence-corrected chi connectivity index (χ3v) is 3.73. The standard InChI is InChI=1S/C14H16F6N2/c1-9-8-21(2)3-4-22(9)12-6-10(13(15,16)17)5-11(7-12)14(18,19)20/h5-7,9H,3-4,8H2,1-2H3. The van der Waals surface area contributed by atoms with Crippen molar-refractivity contribution in [3.05, 3.63) is 29.3 Å². The summed E-state index contributed by atoms with van der Waals surface area (Å²) >= 11 is 0. The summed E-state index contributed by atoms with van der Waals surface area (Å²) < 4.78 is 77.2. The zero-order valence-corrected chi connectivity index (χ0v) is 12.1. The van der Waals surface area contributed by atoms with Gasteiger partial charge >= 0.3 is 12.4 Å². The molecule has 1 heterocycles.